The van der Waals surface area contributed by atoms with Crippen molar-refractivity contribution in [3.63, 3.8) is 0 Å². The highest BCUT2D eigenvalue weighted by Crippen LogP contribution is 2.33. The molecule has 1 unspecified atom stereocenters. The van der Waals surface area contributed by atoms with E-state index in [9.17, 15) is 4.79 Å². The van der Waals surface area contributed by atoms with Gasteiger partial charge in [0.25, 0.3) is 0 Å². The number of aromatic amines is 1. The molecule has 3 aromatic heterocycles. The maximum atomic E-state index is 11.7. The predicted molar refractivity (Wildman–Crippen MR) is 96.7 cm³/mol. The summed E-state index contributed by atoms with van der Waals surface area (Å²) in [6.45, 7) is 1.41. The summed E-state index contributed by atoms with van der Waals surface area (Å²) in [6.07, 6.45) is 8.30. The summed E-state index contributed by atoms with van der Waals surface area (Å²) in [4.78, 5) is 25.9. The van der Waals surface area contributed by atoms with E-state index in [1.54, 1.807) is 0 Å². The normalized spacial score (nSPS) is 17.2. The molecule has 4 heterocycles. The van der Waals surface area contributed by atoms with Crippen molar-refractivity contribution in [3.05, 3.63) is 30.9 Å². The minimum atomic E-state index is -0.549. The van der Waals surface area contributed by atoms with Gasteiger partial charge in [0, 0.05) is 41.3 Å². The number of carbonyl (C=O) groups is 1. The van der Waals surface area contributed by atoms with Gasteiger partial charge in [-0.25, -0.2) is 9.78 Å². The van der Waals surface area contributed by atoms with Crippen molar-refractivity contribution in [2.24, 2.45) is 0 Å². The number of fused-ring (bicyclic) bond motifs is 3. The second kappa shape index (κ2) is 6.88. The van der Waals surface area contributed by atoms with Gasteiger partial charge >= 0.3 is 6.09 Å². The summed E-state index contributed by atoms with van der Waals surface area (Å²) in [5, 5.41) is 14.1. The number of anilines is 1. The van der Waals surface area contributed by atoms with Crippen LogP contribution in [-0.2, 0) is 4.74 Å². The van der Waals surface area contributed by atoms with Gasteiger partial charge in [0.2, 0.25) is 0 Å². The molecule has 1 amide bonds. The van der Waals surface area contributed by atoms with Gasteiger partial charge in [0.05, 0.1) is 24.5 Å². The monoisotopic (exact) mass is 350 g/mol. The zero-order valence-electron chi connectivity index (χ0n) is 14.1. The molecule has 0 saturated carbocycles. The molecule has 1 aliphatic rings. The number of pyridine rings is 2. The van der Waals surface area contributed by atoms with E-state index in [0.29, 0.717) is 6.54 Å². The molecule has 4 rings (SSSR count). The first-order valence-corrected chi connectivity index (χ1v) is 8.52. The van der Waals surface area contributed by atoms with Gasteiger partial charge in [0.15, 0.2) is 0 Å². The van der Waals surface area contributed by atoms with Crippen molar-refractivity contribution < 1.29 is 9.53 Å². The average molecular weight is 350 g/mol. The Kier molecular flexibility index (Phi) is 4.27. The number of carbonyl (C=O) groups excluding carboxylic acids is 1. The number of nitrogens with zero attached hydrogens (tertiary/aromatic N) is 4. The van der Waals surface area contributed by atoms with Crippen LogP contribution in [0.4, 0.5) is 10.5 Å². The van der Waals surface area contributed by atoms with E-state index in [1.807, 2.05) is 36.9 Å². The third-order valence-electron chi connectivity index (χ3n) is 4.59. The van der Waals surface area contributed by atoms with Gasteiger partial charge in [-0.3, -0.25) is 4.98 Å². The lowest BCUT2D eigenvalue weighted by Gasteiger charge is -2.34. The molecule has 1 atom stereocenters. The molecule has 1 fully saturated rings. The van der Waals surface area contributed by atoms with Gasteiger partial charge in [-0.15, -0.1) is 0 Å². The molecule has 0 aliphatic carbocycles. The molecule has 8 nitrogen and oxygen atoms in total. The van der Waals surface area contributed by atoms with Gasteiger partial charge in [-0.05, 0) is 18.9 Å². The summed E-state index contributed by atoms with van der Waals surface area (Å²) < 4.78 is 5.45. The Hall–Kier alpha value is -3.34. The summed E-state index contributed by atoms with van der Waals surface area (Å²) in [6, 6.07) is 3.88. The Balaban J connectivity index is 1.62. The molecule has 3 aromatic rings. The number of piperidine rings is 1. The van der Waals surface area contributed by atoms with Crippen LogP contribution in [0.5, 0.6) is 0 Å². The van der Waals surface area contributed by atoms with Gasteiger partial charge in [0.1, 0.15) is 18.3 Å². The fourth-order valence-electron chi connectivity index (χ4n) is 3.46. The zero-order valence-corrected chi connectivity index (χ0v) is 14.1. The average Bonchev–Trinajstić information content (AvgIpc) is 3.15. The number of nitriles is 1. The maximum absolute atomic E-state index is 11.7. The highest BCUT2D eigenvalue weighted by atomic mass is 16.6. The molecule has 1 aliphatic heterocycles. The smallest absolute Gasteiger partial charge is 0.408 e. The third-order valence-corrected chi connectivity index (χ3v) is 4.59. The van der Waals surface area contributed by atoms with Crippen molar-refractivity contribution >= 4 is 33.6 Å². The van der Waals surface area contributed by atoms with Crippen molar-refractivity contribution in [2.75, 3.05) is 24.5 Å². The Morgan fingerprint density at radius 2 is 2.38 bits per heavy atom. The predicted octanol–water partition coefficient (Wildman–Crippen LogP) is 2.33. The fraction of sp³-hybridized carbons (Fsp3) is 0.333. The Morgan fingerprint density at radius 1 is 1.46 bits per heavy atom. The molecule has 8 heteroatoms. The molecule has 0 aromatic carbocycles. The molecule has 1 saturated heterocycles. The zero-order chi connectivity index (χ0) is 17.9. The number of ether oxygens (including phenoxy) is 1. The minimum absolute atomic E-state index is 0.0546. The quantitative estimate of drug-likeness (QED) is 0.702. The van der Waals surface area contributed by atoms with E-state index in [-0.39, 0.29) is 12.6 Å². The molecule has 2 N–H and O–H groups in total. The lowest BCUT2D eigenvalue weighted by atomic mass is 10.0. The number of nitrogens with one attached hydrogen (secondary N) is 2. The maximum Gasteiger partial charge on any atom is 0.408 e. The lowest BCUT2D eigenvalue weighted by Crippen LogP contribution is -2.42. The summed E-state index contributed by atoms with van der Waals surface area (Å²) in [5.74, 6) is 0. The first-order chi connectivity index (χ1) is 12.8. The van der Waals surface area contributed by atoms with Crippen molar-refractivity contribution in [1.29, 1.82) is 5.26 Å². The molecule has 0 spiro atoms. The number of aromatic nitrogens is 3. The van der Waals surface area contributed by atoms with E-state index in [2.05, 4.69) is 25.2 Å². The van der Waals surface area contributed by atoms with Crippen LogP contribution >= 0.6 is 0 Å². The number of hydrogen-bond donors (Lipinski definition) is 2. The Morgan fingerprint density at radius 3 is 3.27 bits per heavy atom. The molecule has 26 heavy (non-hydrogen) atoms. The molecular weight excluding hydrogens is 332 g/mol. The lowest BCUT2D eigenvalue weighted by molar-refractivity contribution is 0.0893. The number of hydrogen-bond acceptors (Lipinski definition) is 6. The van der Waals surface area contributed by atoms with Crippen molar-refractivity contribution in [3.8, 4) is 6.07 Å². The van der Waals surface area contributed by atoms with Crippen molar-refractivity contribution in [1.82, 2.24) is 20.3 Å². The van der Waals surface area contributed by atoms with Crippen molar-refractivity contribution in [2.45, 2.75) is 18.9 Å². The van der Waals surface area contributed by atoms with Crippen LogP contribution in [0.15, 0.2) is 30.9 Å². The van der Waals surface area contributed by atoms with E-state index in [4.69, 9.17) is 10.00 Å². The molecular formula is C18H18N6O2. The number of H-pyrrole nitrogens is 1. The summed E-state index contributed by atoms with van der Waals surface area (Å²) in [7, 11) is 0. The number of rotatable bonds is 3. The molecule has 132 valence electrons. The van der Waals surface area contributed by atoms with E-state index in [0.717, 1.165) is 46.9 Å². The van der Waals surface area contributed by atoms with Crippen LogP contribution in [0.3, 0.4) is 0 Å². The first kappa shape index (κ1) is 16.1. The largest absolute Gasteiger partial charge is 0.444 e. The first-order valence-electron chi connectivity index (χ1n) is 8.52. The number of amides is 1. The van der Waals surface area contributed by atoms with Crippen LogP contribution in [0.25, 0.3) is 21.8 Å². The summed E-state index contributed by atoms with van der Waals surface area (Å²) in [5.41, 5.74) is 1.85. The number of alkyl carbamates (subject to hydrolysis) is 1. The van der Waals surface area contributed by atoms with Gasteiger partial charge in [-0.1, -0.05) is 0 Å². The van der Waals surface area contributed by atoms with Crippen LogP contribution < -0.4 is 10.2 Å². The topological polar surface area (TPSA) is 107 Å². The highest BCUT2D eigenvalue weighted by Gasteiger charge is 2.25. The van der Waals surface area contributed by atoms with E-state index in [1.165, 1.54) is 0 Å². The van der Waals surface area contributed by atoms with E-state index < -0.39 is 6.09 Å². The standard InChI is InChI=1S/C18H18N6O2/c19-4-6-22-18(25)26-13-2-1-7-24(11-13)15-10-20-8-12-9-23-17-14(16(12)15)3-5-21-17/h3,5,8-10,13H,1-2,6-7,11H2,(H,21,23)(H,22,25). The SMILES string of the molecule is N#CCNC(=O)OC1CCCN(c2cncc3cnc4[nH]ccc4c23)C1. The van der Waals surface area contributed by atoms with Crippen LogP contribution in [-0.4, -0.2) is 46.8 Å². The summed E-state index contributed by atoms with van der Waals surface area (Å²) >= 11 is 0. The van der Waals surface area contributed by atoms with Crippen LogP contribution in [0.1, 0.15) is 12.8 Å². The Labute approximate surface area is 149 Å². The highest BCUT2D eigenvalue weighted by molar-refractivity contribution is 6.10. The molecule has 0 bridgehead atoms. The van der Waals surface area contributed by atoms with Gasteiger partial charge in [-0.2, -0.15) is 5.26 Å². The van der Waals surface area contributed by atoms with Gasteiger partial charge < -0.3 is 19.9 Å². The van der Waals surface area contributed by atoms with Crippen LogP contribution in [0.2, 0.25) is 0 Å². The van der Waals surface area contributed by atoms with Crippen LogP contribution in [0, 0.1) is 11.3 Å². The van der Waals surface area contributed by atoms with E-state index >= 15 is 0 Å². The fourth-order valence-corrected chi connectivity index (χ4v) is 3.46. The third kappa shape index (κ3) is 2.99. The molecule has 0 radical (unpaired) electrons. The Bertz CT molecular complexity index is 992. The second-order valence-electron chi connectivity index (χ2n) is 6.25. The minimum Gasteiger partial charge on any atom is -0.444 e. The second-order valence-corrected chi connectivity index (χ2v) is 6.25.